The van der Waals surface area contributed by atoms with E-state index in [1.165, 1.54) is 20.4 Å². The molecule has 2 N–H and O–H groups in total. The molecule has 0 aliphatic carbocycles. The topological polar surface area (TPSA) is 89.0 Å². The number of benzene rings is 2. The van der Waals surface area contributed by atoms with Crippen LogP contribution in [0.25, 0.3) is 0 Å². The zero-order valence-electron chi connectivity index (χ0n) is 13.6. The summed E-state index contributed by atoms with van der Waals surface area (Å²) in [7, 11) is 3.04. The van der Waals surface area contributed by atoms with Crippen LogP contribution in [0.2, 0.25) is 0 Å². The van der Waals surface area contributed by atoms with Crippen molar-refractivity contribution in [1.29, 1.82) is 0 Å². The van der Waals surface area contributed by atoms with Gasteiger partial charge < -0.3 is 14.8 Å². The molecule has 0 unspecified atom stereocenters. The summed E-state index contributed by atoms with van der Waals surface area (Å²) in [6.07, 6.45) is 1.39. The lowest BCUT2D eigenvalue weighted by molar-refractivity contribution is -0.136. The third-order valence-electron chi connectivity index (χ3n) is 3.10. The highest BCUT2D eigenvalue weighted by Crippen LogP contribution is 2.21. The van der Waals surface area contributed by atoms with Gasteiger partial charge in [-0.2, -0.15) is 5.10 Å². The summed E-state index contributed by atoms with van der Waals surface area (Å²) in [5, 5.41) is 6.24. The number of nitrogens with zero attached hydrogens (tertiary/aromatic N) is 1. The Morgan fingerprint density at radius 1 is 1.08 bits per heavy atom. The summed E-state index contributed by atoms with van der Waals surface area (Å²) in [4.78, 5) is 23.7. The Hall–Kier alpha value is -2.87. The summed E-state index contributed by atoms with van der Waals surface area (Å²) < 4.78 is 11.1. The second kappa shape index (κ2) is 8.84. The van der Waals surface area contributed by atoms with E-state index in [1.807, 2.05) is 6.07 Å². The lowest BCUT2D eigenvalue weighted by Crippen LogP contribution is -2.32. The van der Waals surface area contributed by atoms with E-state index in [0.29, 0.717) is 22.7 Å². The van der Waals surface area contributed by atoms with Crippen molar-refractivity contribution in [2.75, 3.05) is 19.5 Å². The second-order valence-electron chi connectivity index (χ2n) is 4.77. The number of carbonyl (C=O) groups excluding carboxylic acids is 2. The van der Waals surface area contributed by atoms with Gasteiger partial charge in [-0.3, -0.25) is 9.59 Å². The Balaban J connectivity index is 1.97. The monoisotopic (exact) mass is 405 g/mol. The lowest BCUT2D eigenvalue weighted by atomic mass is 10.2. The zero-order valence-corrected chi connectivity index (χ0v) is 15.2. The molecule has 0 aliphatic heterocycles. The van der Waals surface area contributed by atoms with E-state index in [-0.39, 0.29) is 0 Å². The summed E-state index contributed by atoms with van der Waals surface area (Å²) in [6.45, 7) is 0. The van der Waals surface area contributed by atoms with Crippen molar-refractivity contribution in [3.8, 4) is 11.5 Å². The molecule has 0 atom stereocenters. The molecule has 0 radical (unpaired) electrons. The van der Waals surface area contributed by atoms with Crippen LogP contribution in [0, 0.1) is 0 Å². The average Bonchev–Trinajstić information content (AvgIpc) is 2.62. The van der Waals surface area contributed by atoms with Gasteiger partial charge in [0.2, 0.25) is 0 Å². The molecule has 130 valence electrons. The molecule has 2 amide bonds. The predicted molar refractivity (Wildman–Crippen MR) is 98.1 cm³/mol. The molecular formula is C17H16BrN3O4. The first-order chi connectivity index (χ1) is 12.0. The predicted octanol–water partition coefficient (Wildman–Crippen LogP) is 2.56. The number of halogens is 1. The summed E-state index contributed by atoms with van der Waals surface area (Å²) in [5.41, 5.74) is 3.25. The van der Waals surface area contributed by atoms with Crippen LogP contribution >= 0.6 is 15.9 Å². The Bertz CT molecular complexity index is 808. The quantitative estimate of drug-likeness (QED) is 0.454. The van der Waals surface area contributed by atoms with Gasteiger partial charge in [-0.1, -0.05) is 22.0 Å². The molecule has 0 spiro atoms. The van der Waals surface area contributed by atoms with Crippen LogP contribution < -0.4 is 20.2 Å². The van der Waals surface area contributed by atoms with Crippen LogP contribution in [0.15, 0.2) is 52.0 Å². The first-order valence-corrected chi connectivity index (χ1v) is 7.94. The number of nitrogens with one attached hydrogen (secondary N) is 2. The Morgan fingerprint density at radius 3 is 2.60 bits per heavy atom. The largest absolute Gasteiger partial charge is 0.497 e. The standard InChI is InChI=1S/C17H16BrN3O4/c1-24-14-5-3-4-13(9-14)20-16(22)17(23)21-19-10-11-8-12(18)6-7-15(11)25-2/h3-10H,1-2H3,(H,20,22)(H,21,23)/b19-10-. The maximum atomic E-state index is 11.9. The minimum absolute atomic E-state index is 0.442. The highest BCUT2D eigenvalue weighted by atomic mass is 79.9. The Morgan fingerprint density at radius 2 is 1.88 bits per heavy atom. The molecule has 0 bridgehead atoms. The minimum atomic E-state index is -0.895. The Labute approximate surface area is 153 Å². The van der Waals surface area contributed by atoms with Crippen LogP contribution in [-0.2, 0) is 9.59 Å². The fourth-order valence-corrected chi connectivity index (χ4v) is 2.28. The molecule has 0 aliphatic rings. The van der Waals surface area contributed by atoms with E-state index in [2.05, 4.69) is 31.8 Å². The van der Waals surface area contributed by atoms with Crippen LogP contribution in [0.5, 0.6) is 11.5 Å². The molecule has 0 aromatic heterocycles. The van der Waals surface area contributed by atoms with Gasteiger partial charge in [0, 0.05) is 21.8 Å². The minimum Gasteiger partial charge on any atom is -0.497 e. The SMILES string of the molecule is COc1cccc(NC(=O)C(=O)N/N=C\c2cc(Br)ccc2OC)c1. The molecule has 0 fully saturated rings. The number of carbonyl (C=O) groups is 2. The normalized spacial score (nSPS) is 10.4. The smallest absolute Gasteiger partial charge is 0.329 e. The molecule has 25 heavy (non-hydrogen) atoms. The van der Waals surface area contributed by atoms with Crippen LogP contribution in [0.4, 0.5) is 5.69 Å². The first-order valence-electron chi connectivity index (χ1n) is 7.15. The number of hydrogen-bond donors (Lipinski definition) is 2. The lowest BCUT2D eigenvalue weighted by Gasteiger charge is -2.06. The molecule has 2 aromatic carbocycles. The van der Waals surface area contributed by atoms with Crippen molar-refractivity contribution in [3.05, 3.63) is 52.5 Å². The van der Waals surface area contributed by atoms with E-state index in [4.69, 9.17) is 9.47 Å². The first kappa shape index (κ1) is 18.5. The highest BCUT2D eigenvalue weighted by molar-refractivity contribution is 9.10. The number of methoxy groups -OCH3 is 2. The summed E-state index contributed by atoms with van der Waals surface area (Å²) in [6, 6.07) is 12.0. The van der Waals surface area contributed by atoms with Crippen molar-refractivity contribution in [2.24, 2.45) is 5.10 Å². The van der Waals surface area contributed by atoms with Gasteiger partial charge in [0.1, 0.15) is 11.5 Å². The van der Waals surface area contributed by atoms with Gasteiger partial charge in [0.15, 0.2) is 0 Å². The number of hydrogen-bond acceptors (Lipinski definition) is 5. The van der Waals surface area contributed by atoms with Crippen LogP contribution in [-0.4, -0.2) is 32.2 Å². The van der Waals surface area contributed by atoms with E-state index in [0.717, 1.165) is 4.47 Å². The van der Waals surface area contributed by atoms with Crippen molar-refractivity contribution in [3.63, 3.8) is 0 Å². The molecule has 0 saturated carbocycles. The van der Waals surface area contributed by atoms with Gasteiger partial charge >= 0.3 is 11.8 Å². The molecule has 2 aromatic rings. The Kier molecular flexibility index (Phi) is 6.53. The fourth-order valence-electron chi connectivity index (χ4n) is 1.91. The second-order valence-corrected chi connectivity index (χ2v) is 5.69. The maximum Gasteiger partial charge on any atom is 0.329 e. The van der Waals surface area contributed by atoms with Gasteiger partial charge in [-0.05, 0) is 30.3 Å². The van der Waals surface area contributed by atoms with Gasteiger partial charge in [-0.15, -0.1) is 0 Å². The molecule has 0 heterocycles. The number of hydrazone groups is 1. The van der Waals surface area contributed by atoms with E-state index in [1.54, 1.807) is 36.4 Å². The average molecular weight is 406 g/mol. The van der Waals surface area contributed by atoms with Crippen LogP contribution in [0.3, 0.4) is 0 Å². The third kappa shape index (κ3) is 5.32. The van der Waals surface area contributed by atoms with Crippen molar-refractivity contribution >= 4 is 39.6 Å². The number of rotatable bonds is 5. The van der Waals surface area contributed by atoms with Crippen molar-refractivity contribution < 1.29 is 19.1 Å². The number of anilines is 1. The fraction of sp³-hybridized carbons (Fsp3) is 0.118. The van der Waals surface area contributed by atoms with Gasteiger partial charge in [0.25, 0.3) is 0 Å². The zero-order chi connectivity index (χ0) is 18.2. The maximum absolute atomic E-state index is 11.9. The molecular weight excluding hydrogens is 390 g/mol. The number of ether oxygens (including phenoxy) is 2. The van der Waals surface area contributed by atoms with Crippen molar-refractivity contribution in [2.45, 2.75) is 0 Å². The van der Waals surface area contributed by atoms with Crippen molar-refractivity contribution in [1.82, 2.24) is 5.43 Å². The van der Waals surface area contributed by atoms with E-state index >= 15 is 0 Å². The molecule has 0 saturated heterocycles. The van der Waals surface area contributed by atoms with Gasteiger partial charge in [-0.25, -0.2) is 5.43 Å². The molecule has 2 rings (SSSR count). The van der Waals surface area contributed by atoms with Gasteiger partial charge in [0.05, 0.1) is 20.4 Å². The summed E-state index contributed by atoms with van der Waals surface area (Å²) >= 11 is 3.34. The third-order valence-corrected chi connectivity index (χ3v) is 3.59. The molecule has 7 nitrogen and oxygen atoms in total. The van der Waals surface area contributed by atoms with Crippen LogP contribution in [0.1, 0.15) is 5.56 Å². The van der Waals surface area contributed by atoms with E-state index < -0.39 is 11.8 Å². The molecule has 8 heteroatoms. The summed E-state index contributed by atoms with van der Waals surface area (Å²) in [5.74, 6) is -0.584. The number of amides is 2. The highest BCUT2D eigenvalue weighted by Gasteiger charge is 2.13. The van der Waals surface area contributed by atoms with E-state index in [9.17, 15) is 9.59 Å².